The highest BCUT2D eigenvalue weighted by molar-refractivity contribution is 6.67. The van der Waals surface area contributed by atoms with Gasteiger partial charge in [0.1, 0.15) is 0 Å². The first kappa shape index (κ1) is 19.1. The van der Waals surface area contributed by atoms with Crippen LogP contribution in [0.25, 0.3) is 0 Å². The summed E-state index contributed by atoms with van der Waals surface area (Å²) in [5.74, 6) is 0. The highest BCUT2D eigenvalue weighted by Gasteiger charge is 2.34. The number of unbranched alkanes of at least 4 members (excludes halogenated alkanes) is 5. The standard InChI is InChI=1S/C16H36O2Si/c1-5-9-12-13-16-19(8-4,17-14-10-6-2)18-15-11-7-3/h5-16H2,1-4H3. The zero-order chi connectivity index (χ0) is 14.4. The van der Waals surface area contributed by atoms with Gasteiger partial charge in [0.15, 0.2) is 0 Å². The summed E-state index contributed by atoms with van der Waals surface area (Å²) in [6.45, 7) is 10.8. The predicted molar refractivity (Wildman–Crippen MR) is 86.9 cm³/mol. The highest BCUT2D eigenvalue weighted by atomic mass is 28.4. The average molecular weight is 289 g/mol. The second-order valence-corrected chi connectivity index (χ2v) is 9.08. The van der Waals surface area contributed by atoms with Crippen LogP contribution in [0.5, 0.6) is 0 Å². The van der Waals surface area contributed by atoms with Gasteiger partial charge in [-0.2, -0.15) is 0 Å². The van der Waals surface area contributed by atoms with Crippen LogP contribution in [-0.4, -0.2) is 21.8 Å². The third-order valence-electron chi connectivity index (χ3n) is 3.68. The first-order valence-electron chi connectivity index (χ1n) is 8.52. The molecule has 0 radical (unpaired) electrons. The van der Waals surface area contributed by atoms with Gasteiger partial charge in [0, 0.05) is 13.2 Å². The van der Waals surface area contributed by atoms with Crippen molar-refractivity contribution in [1.82, 2.24) is 0 Å². The van der Waals surface area contributed by atoms with Crippen molar-refractivity contribution < 1.29 is 8.85 Å². The summed E-state index contributed by atoms with van der Waals surface area (Å²) >= 11 is 0. The first-order chi connectivity index (χ1) is 9.24. The van der Waals surface area contributed by atoms with E-state index in [0.717, 1.165) is 19.3 Å². The Hall–Kier alpha value is 0.137. The van der Waals surface area contributed by atoms with Gasteiger partial charge in [-0.3, -0.25) is 0 Å². The predicted octanol–water partition coefficient (Wildman–Crippen LogP) is 5.66. The van der Waals surface area contributed by atoms with Crippen LogP contribution < -0.4 is 0 Å². The normalized spacial score (nSPS) is 12.0. The van der Waals surface area contributed by atoms with Crippen molar-refractivity contribution in [2.24, 2.45) is 0 Å². The molecule has 0 unspecified atom stereocenters. The summed E-state index contributed by atoms with van der Waals surface area (Å²) in [6.07, 6.45) is 10.0. The maximum absolute atomic E-state index is 6.26. The number of hydrogen-bond donors (Lipinski definition) is 0. The summed E-state index contributed by atoms with van der Waals surface area (Å²) < 4.78 is 12.5. The molecule has 0 aromatic rings. The Bertz CT molecular complexity index is 176. The topological polar surface area (TPSA) is 18.5 Å². The van der Waals surface area contributed by atoms with E-state index in [-0.39, 0.29) is 0 Å². The van der Waals surface area contributed by atoms with Crippen LogP contribution in [0, 0.1) is 0 Å². The molecule has 0 aliphatic carbocycles. The summed E-state index contributed by atoms with van der Waals surface area (Å²) in [5.41, 5.74) is 0. The van der Waals surface area contributed by atoms with E-state index >= 15 is 0 Å². The van der Waals surface area contributed by atoms with Crippen molar-refractivity contribution >= 4 is 8.56 Å². The maximum atomic E-state index is 6.26. The molecular formula is C16H36O2Si. The summed E-state index contributed by atoms with van der Waals surface area (Å²) in [7, 11) is -1.89. The Balaban J connectivity index is 4.20. The van der Waals surface area contributed by atoms with Gasteiger partial charge in [-0.25, -0.2) is 0 Å². The molecule has 0 spiro atoms. The molecule has 0 bridgehead atoms. The maximum Gasteiger partial charge on any atom is 0.337 e. The molecule has 0 aliphatic rings. The molecule has 0 N–H and O–H groups in total. The third kappa shape index (κ3) is 9.64. The van der Waals surface area contributed by atoms with Crippen molar-refractivity contribution in [2.45, 2.75) is 91.1 Å². The van der Waals surface area contributed by atoms with Gasteiger partial charge in [-0.15, -0.1) is 0 Å². The quantitative estimate of drug-likeness (QED) is 0.303. The smallest absolute Gasteiger partial charge is 0.337 e. The van der Waals surface area contributed by atoms with Gasteiger partial charge >= 0.3 is 8.56 Å². The lowest BCUT2D eigenvalue weighted by Gasteiger charge is -2.30. The van der Waals surface area contributed by atoms with E-state index in [0.29, 0.717) is 0 Å². The fourth-order valence-corrected chi connectivity index (χ4v) is 5.15. The molecule has 0 aliphatic heterocycles. The van der Waals surface area contributed by atoms with E-state index in [2.05, 4.69) is 27.7 Å². The largest absolute Gasteiger partial charge is 0.394 e. The van der Waals surface area contributed by atoms with E-state index in [9.17, 15) is 0 Å². The second-order valence-electron chi connectivity index (χ2n) is 5.48. The molecule has 2 nitrogen and oxygen atoms in total. The minimum atomic E-state index is -1.89. The lowest BCUT2D eigenvalue weighted by atomic mass is 10.2. The number of rotatable bonds is 14. The van der Waals surface area contributed by atoms with E-state index < -0.39 is 8.56 Å². The Labute approximate surface area is 122 Å². The van der Waals surface area contributed by atoms with Crippen molar-refractivity contribution in [1.29, 1.82) is 0 Å². The van der Waals surface area contributed by atoms with Gasteiger partial charge in [-0.1, -0.05) is 66.2 Å². The van der Waals surface area contributed by atoms with Crippen LogP contribution in [0.3, 0.4) is 0 Å². The zero-order valence-electron chi connectivity index (χ0n) is 13.8. The summed E-state index contributed by atoms with van der Waals surface area (Å²) in [5, 5.41) is 0. The number of hydrogen-bond acceptors (Lipinski definition) is 2. The molecule has 0 atom stereocenters. The lowest BCUT2D eigenvalue weighted by Crippen LogP contribution is -2.42. The Morgan fingerprint density at radius 2 is 1.16 bits per heavy atom. The molecule has 116 valence electrons. The van der Waals surface area contributed by atoms with Crippen molar-refractivity contribution in [3.05, 3.63) is 0 Å². The van der Waals surface area contributed by atoms with Crippen LogP contribution in [0.1, 0.15) is 79.1 Å². The third-order valence-corrected chi connectivity index (χ3v) is 7.33. The summed E-state index contributed by atoms with van der Waals surface area (Å²) in [4.78, 5) is 0. The van der Waals surface area contributed by atoms with E-state index in [1.54, 1.807) is 0 Å². The van der Waals surface area contributed by atoms with Crippen LogP contribution >= 0.6 is 0 Å². The SMILES string of the molecule is CCCCCC[Si](CC)(OCCCC)OCCCC. The van der Waals surface area contributed by atoms with Gasteiger partial charge in [-0.05, 0) is 24.9 Å². The van der Waals surface area contributed by atoms with Crippen LogP contribution in [0.4, 0.5) is 0 Å². The molecule has 0 amide bonds. The highest BCUT2D eigenvalue weighted by Crippen LogP contribution is 2.23. The Kier molecular flexibility index (Phi) is 13.2. The fourth-order valence-electron chi connectivity index (χ4n) is 2.19. The average Bonchev–Trinajstić information content (AvgIpc) is 2.43. The monoisotopic (exact) mass is 288 g/mol. The van der Waals surface area contributed by atoms with Gasteiger partial charge in [0.25, 0.3) is 0 Å². The lowest BCUT2D eigenvalue weighted by molar-refractivity contribution is 0.163. The molecule has 0 fully saturated rings. The van der Waals surface area contributed by atoms with Crippen LogP contribution in [-0.2, 0) is 8.85 Å². The molecule has 3 heteroatoms. The van der Waals surface area contributed by atoms with Crippen LogP contribution in [0.15, 0.2) is 0 Å². The molecule has 0 saturated heterocycles. The summed E-state index contributed by atoms with van der Waals surface area (Å²) in [6, 6.07) is 2.30. The molecule has 0 rings (SSSR count). The molecule has 0 heterocycles. The van der Waals surface area contributed by atoms with Crippen molar-refractivity contribution in [3.63, 3.8) is 0 Å². The molecule has 0 aromatic heterocycles. The molecule has 0 aromatic carbocycles. The Morgan fingerprint density at radius 1 is 0.632 bits per heavy atom. The minimum Gasteiger partial charge on any atom is -0.394 e. The van der Waals surface area contributed by atoms with Gasteiger partial charge in [0.05, 0.1) is 0 Å². The van der Waals surface area contributed by atoms with E-state index in [1.807, 2.05) is 0 Å². The van der Waals surface area contributed by atoms with E-state index in [1.165, 1.54) is 57.4 Å². The second kappa shape index (κ2) is 13.1. The van der Waals surface area contributed by atoms with Crippen molar-refractivity contribution in [3.8, 4) is 0 Å². The van der Waals surface area contributed by atoms with E-state index in [4.69, 9.17) is 8.85 Å². The molecule has 19 heavy (non-hydrogen) atoms. The van der Waals surface area contributed by atoms with Crippen LogP contribution in [0.2, 0.25) is 12.1 Å². The zero-order valence-corrected chi connectivity index (χ0v) is 14.8. The fraction of sp³-hybridized carbons (Fsp3) is 1.00. The van der Waals surface area contributed by atoms with Crippen molar-refractivity contribution in [2.75, 3.05) is 13.2 Å². The molecule has 0 saturated carbocycles. The minimum absolute atomic E-state index is 0.899. The van der Waals surface area contributed by atoms with Gasteiger partial charge in [0.2, 0.25) is 0 Å². The first-order valence-corrected chi connectivity index (χ1v) is 10.8. The molecular weight excluding hydrogens is 252 g/mol. The Morgan fingerprint density at radius 3 is 1.58 bits per heavy atom. The van der Waals surface area contributed by atoms with Gasteiger partial charge < -0.3 is 8.85 Å².